The van der Waals surface area contributed by atoms with Crippen LogP contribution in [0, 0.1) is 17.0 Å². The molecule has 0 bridgehead atoms. The van der Waals surface area contributed by atoms with E-state index >= 15 is 0 Å². The zero-order valence-electron chi connectivity index (χ0n) is 11.3. The van der Waals surface area contributed by atoms with Crippen LogP contribution in [0.25, 0.3) is 0 Å². The van der Waals surface area contributed by atoms with Crippen LogP contribution in [-0.2, 0) is 6.54 Å². The van der Waals surface area contributed by atoms with Gasteiger partial charge in [-0.05, 0) is 26.0 Å². The van der Waals surface area contributed by atoms with Gasteiger partial charge in [0, 0.05) is 17.8 Å². The number of aromatic amines is 1. The molecule has 1 aromatic heterocycles. The SMILES string of the molecule is CCOc1ccc(NCc2cn[nH]c2C)c([N+](=O)[O-])c1. The van der Waals surface area contributed by atoms with Crippen LogP contribution in [0.1, 0.15) is 18.2 Å². The third-order valence-corrected chi connectivity index (χ3v) is 2.88. The number of aryl methyl sites for hydroxylation is 1. The molecular weight excluding hydrogens is 260 g/mol. The quantitative estimate of drug-likeness (QED) is 0.625. The smallest absolute Gasteiger partial charge is 0.296 e. The fourth-order valence-corrected chi connectivity index (χ4v) is 1.81. The lowest BCUT2D eigenvalue weighted by atomic mass is 10.2. The third-order valence-electron chi connectivity index (χ3n) is 2.88. The Labute approximate surface area is 116 Å². The molecule has 0 radical (unpaired) electrons. The lowest BCUT2D eigenvalue weighted by Gasteiger charge is -2.08. The maximum Gasteiger partial charge on any atom is 0.296 e. The lowest BCUT2D eigenvalue weighted by molar-refractivity contribution is -0.384. The molecule has 0 aliphatic heterocycles. The molecule has 0 atom stereocenters. The molecule has 0 saturated carbocycles. The summed E-state index contributed by atoms with van der Waals surface area (Å²) in [5.41, 5.74) is 2.36. The summed E-state index contributed by atoms with van der Waals surface area (Å²) in [6.45, 7) is 4.67. The minimum absolute atomic E-state index is 0.00269. The van der Waals surface area contributed by atoms with Gasteiger partial charge in [0.15, 0.2) is 0 Å². The molecule has 0 spiro atoms. The number of ether oxygens (including phenoxy) is 1. The van der Waals surface area contributed by atoms with Gasteiger partial charge < -0.3 is 10.1 Å². The van der Waals surface area contributed by atoms with Gasteiger partial charge in [0.25, 0.3) is 5.69 Å². The third kappa shape index (κ3) is 3.05. The van der Waals surface area contributed by atoms with Crippen molar-refractivity contribution >= 4 is 11.4 Å². The number of nitro groups is 1. The molecule has 2 rings (SSSR count). The Morgan fingerprint density at radius 1 is 1.50 bits per heavy atom. The van der Waals surface area contributed by atoms with Crippen LogP contribution in [0.4, 0.5) is 11.4 Å². The normalized spacial score (nSPS) is 10.3. The minimum atomic E-state index is -0.424. The highest BCUT2D eigenvalue weighted by Gasteiger charge is 2.15. The van der Waals surface area contributed by atoms with Gasteiger partial charge in [0.1, 0.15) is 11.4 Å². The first-order chi connectivity index (χ1) is 9.61. The van der Waals surface area contributed by atoms with Gasteiger partial charge in [-0.1, -0.05) is 0 Å². The first kappa shape index (κ1) is 13.9. The topological polar surface area (TPSA) is 93.1 Å². The molecule has 0 aliphatic carbocycles. The van der Waals surface area contributed by atoms with E-state index in [1.807, 2.05) is 13.8 Å². The predicted molar refractivity (Wildman–Crippen MR) is 74.9 cm³/mol. The first-order valence-electron chi connectivity index (χ1n) is 6.25. The highest BCUT2D eigenvalue weighted by molar-refractivity contribution is 5.64. The van der Waals surface area contributed by atoms with Gasteiger partial charge in [0.2, 0.25) is 0 Å². The number of rotatable bonds is 6. The van der Waals surface area contributed by atoms with Crippen molar-refractivity contribution in [2.24, 2.45) is 0 Å². The van der Waals surface area contributed by atoms with Crippen LogP contribution in [0.15, 0.2) is 24.4 Å². The van der Waals surface area contributed by atoms with Crippen molar-refractivity contribution in [3.05, 3.63) is 45.8 Å². The van der Waals surface area contributed by atoms with Crippen molar-refractivity contribution in [2.75, 3.05) is 11.9 Å². The van der Waals surface area contributed by atoms with Crippen LogP contribution in [0.2, 0.25) is 0 Å². The average molecular weight is 276 g/mol. The molecule has 1 heterocycles. The van der Waals surface area contributed by atoms with E-state index in [-0.39, 0.29) is 5.69 Å². The molecule has 0 unspecified atom stereocenters. The highest BCUT2D eigenvalue weighted by Crippen LogP contribution is 2.29. The first-order valence-corrected chi connectivity index (χ1v) is 6.25. The Bertz CT molecular complexity index is 609. The molecule has 0 aliphatic rings. The molecular formula is C13H16N4O3. The van der Waals surface area contributed by atoms with Crippen molar-refractivity contribution < 1.29 is 9.66 Å². The number of hydrogen-bond donors (Lipinski definition) is 2. The van der Waals surface area contributed by atoms with E-state index in [4.69, 9.17) is 4.74 Å². The number of hydrogen-bond acceptors (Lipinski definition) is 5. The van der Waals surface area contributed by atoms with Crippen LogP contribution >= 0.6 is 0 Å². The van der Waals surface area contributed by atoms with Crippen molar-refractivity contribution in [3.63, 3.8) is 0 Å². The monoisotopic (exact) mass is 276 g/mol. The maximum atomic E-state index is 11.1. The van der Waals surface area contributed by atoms with E-state index in [9.17, 15) is 10.1 Å². The summed E-state index contributed by atoms with van der Waals surface area (Å²) < 4.78 is 5.27. The Morgan fingerprint density at radius 3 is 2.90 bits per heavy atom. The highest BCUT2D eigenvalue weighted by atomic mass is 16.6. The molecule has 0 saturated heterocycles. The standard InChI is InChI=1S/C13H16N4O3/c1-3-20-11-4-5-12(13(6-11)17(18)19)14-7-10-8-15-16-9(10)2/h4-6,8,14H,3,7H2,1-2H3,(H,15,16). The fourth-order valence-electron chi connectivity index (χ4n) is 1.81. The molecule has 0 fully saturated rings. The van der Waals surface area contributed by atoms with E-state index in [0.717, 1.165) is 11.3 Å². The van der Waals surface area contributed by atoms with E-state index in [1.165, 1.54) is 6.07 Å². The summed E-state index contributed by atoms with van der Waals surface area (Å²) >= 11 is 0. The number of aromatic nitrogens is 2. The summed E-state index contributed by atoms with van der Waals surface area (Å²) in [6.07, 6.45) is 1.70. The van der Waals surface area contributed by atoms with Crippen LogP contribution in [0.5, 0.6) is 5.75 Å². The average Bonchev–Trinajstić information content (AvgIpc) is 2.83. The second kappa shape index (κ2) is 6.05. The summed E-state index contributed by atoms with van der Waals surface area (Å²) in [5, 5.41) is 20.9. The van der Waals surface area contributed by atoms with Gasteiger partial charge in [-0.3, -0.25) is 15.2 Å². The number of nitrogens with zero attached hydrogens (tertiary/aromatic N) is 2. The molecule has 2 aromatic rings. The fraction of sp³-hybridized carbons (Fsp3) is 0.308. The largest absolute Gasteiger partial charge is 0.494 e. The van der Waals surface area contributed by atoms with Crippen LogP contribution < -0.4 is 10.1 Å². The zero-order valence-corrected chi connectivity index (χ0v) is 11.3. The van der Waals surface area contributed by atoms with E-state index in [1.54, 1.807) is 18.3 Å². The lowest BCUT2D eigenvalue weighted by Crippen LogP contribution is -2.03. The van der Waals surface area contributed by atoms with Crippen LogP contribution in [0.3, 0.4) is 0 Å². The Balaban J connectivity index is 2.18. The molecule has 1 aromatic carbocycles. The molecule has 2 N–H and O–H groups in total. The van der Waals surface area contributed by atoms with Crippen molar-refractivity contribution in [3.8, 4) is 5.75 Å². The van der Waals surface area contributed by atoms with Gasteiger partial charge >= 0.3 is 0 Å². The molecule has 0 amide bonds. The molecule has 7 nitrogen and oxygen atoms in total. The van der Waals surface area contributed by atoms with Crippen molar-refractivity contribution in [1.82, 2.24) is 10.2 Å². The zero-order chi connectivity index (χ0) is 14.5. The number of nitrogens with one attached hydrogen (secondary N) is 2. The van der Waals surface area contributed by atoms with Crippen LogP contribution in [-0.4, -0.2) is 21.7 Å². The molecule has 20 heavy (non-hydrogen) atoms. The summed E-state index contributed by atoms with van der Waals surface area (Å²) in [7, 11) is 0. The number of anilines is 1. The summed E-state index contributed by atoms with van der Waals surface area (Å²) in [5.74, 6) is 0.490. The number of nitro benzene ring substituents is 1. The Morgan fingerprint density at radius 2 is 2.30 bits per heavy atom. The van der Waals surface area contributed by atoms with Gasteiger partial charge in [-0.2, -0.15) is 5.10 Å². The van der Waals surface area contributed by atoms with Gasteiger partial charge in [-0.25, -0.2) is 0 Å². The minimum Gasteiger partial charge on any atom is -0.494 e. The van der Waals surface area contributed by atoms with E-state index in [2.05, 4.69) is 15.5 Å². The Hall–Kier alpha value is -2.57. The van der Waals surface area contributed by atoms with Crippen molar-refractivity contribution in [1.29, 1.82) is 0 Å². The van der Waals surface area contributed by atoms with Crippen molar-refractivity contribution in [2.45, 2.75) is 20.4 Å². The second-order valence-corrected chi connectivity index (χ2v) is 4.24. The Kier molecular flexibility index (Phi) is 4.19. The van der Waals surface area contributed by atoms with Gasteiger partial charge in [0.05, 0.1) is 23.8 Å². The van der Waals surface area contributed by atoms with Gasteiger partial charge in [-0.15, -0.1) is 0 Å². The second-order valence-electron chi connectivity index (χ2n) is 4.24. The van der Waals surface area contributed by atoms with E-state index in [0.29, 0.717) is 24.6 Å². The molecule has 7 heteroatoms. The number of H-pyrrole nitrogens is 1. The predicted octanol–water partition coefficient (Wildman–Crippen LogP) is 2.64. The maximum absolute atomic E-state index is 11.1. The van der Waals surface area contributed by atoms with E-state index < -0.39 is 4.92 Å². The molecule has 106 valence electrons. The summed E-state index contributed by atoms with van der Waals surface area (Å²) in [4.78, 5) is 10.7. The number of benzene rings is 1. The summed E-state index contributed by atoms with van der Waals surface area (Å²) in [6, 6.07) is 4.79.